The molecule has 0 bridgehead atoms. The molecule has 1 aromatic heterocycles. The molecule has 2 aromatic rings. The predicted molar refractivity (Wildman–Crippen MR) is 76.2 cm³/mol. The maximum atomic E-state index is 12.7. The molecule has 1 N–H and O–H groups in total. The van der Waals surface area contributed by atoms with E-state index in [1.165, 1.54) is 0 Å². The van der Waals surface area contributed by atoms with Gasteiger partial charge in [-0.2, -0.15) is 0 Å². The molecule has 1 amide bonds. The second kappa shape index (κ2) is 5.21. The maximum absolute atomic E-state index is 12.7. The molecule has 0 radical (unpaired) electrons. The molecular formula is C15H16N2O4. The summed E-state index contributed by atoms with van der Waals surface area (Å²) in [5.41, 5.74) is 1.57. The van der Waals surface area contributed by atoms with Gasteiger partial charge in [-0.25, -0.2) is 4.79 Å². The minimum Gasteiger partial charge on any atom is -0.479 e. The Morgan fingerprint density at radius 2 is 2.10 bits per heavy atom. The third-order valence-electron chi connectivity index (χ3n) is 3.76. The number of hydrogen-bond donors (Lipinski definition) is 1. The number of para-hydroxylation sites is 1. The molecule has 6 heteroatoms. The Hall–Kier alpha value is -2.34. The molecule has 1 aliphatic rings. The van der Waals surface area contributed by atoms with E-state index in [1.54, 1.807) is 11.1 Å². The lowest BCUT2D eigenvalue weighted by Gasteiger charge is -2.30. The molecule has 0 aliphatic carbocycles. The highest BCUT2D eigenvalue weighted by molar-refractivity contribution is 6.07. The van der Waals surface area contributed by atoms with Crippen molar-refractivity contribution in [3.63, 3.8) is 0 Å². The van der Waals surface area contributed by atoms with Crippen molar-refractivity contribution < 1.29 is 19.4 Å². The summed E-state index contributed by atoms with van der Waals surface area (Å²) in [6, 6.07) is 7.66. The van der Waals surface area contributed by atoms with Crippen LogP contribution < -0.4 is 0 Å². The number of aryl methyl sites for hydroxylation is 1. The van der Waals surface area contributed by atoms with E-state index < -0.39 is 12.1 Å². The van der Waals surface area contributed by atoms with E-state index in [9.17, 15) is 9.59 Å². The topological polar surface area (TPSA) is 71.8 Å². The minimum absolute atomic E-state index is 0.0807. The quantitative estimate of drug-likeness (QED) is 0.898. The fourth-order valence-corrected chi connectivity index (χ4v) is 2.67. The first-order chi connectivity index (χ1) is 10.1. The molecule has 0 spiro atoms. The molecule has 3 rings (SSSR count). The summed E-state index contributed by atoms with van der Waals surface area (Å²) in [5.74, 6) is -1.19. The van der Waals surface area contributed by atoms with E-state index in [2.05, 4.69) is 0 Å². The van der Waals surface area contributed by atoms with Crippen LogP contribution in [0.1, 0.15) is 10.4 Å². The average Bonchev–Trinajstić information content (AvgIpc) is 2.84. The van der Waals surface area contributed by atoms with Crippen LogP contribution in [-0.4, -0.2) is 52.3 Å². The second-order valence-electron chi connectivity index (χ2n) is 5.12. The van der Waals surface area contributed by atoms with E-state index in [0.29, 0.717) is 12.1 Å². The third kappa shape index (κ3) is 2.38. The van der Waals surface area contributed by atoms with Crippen LogP contribution in [0.15, 0.2) is 30.5 Å². The van der Waals surface area contributed by atoms with Gasteiger partial charge in [0.1, 0.15) is 0 Å². The lowest BCUT2D eigenvalue weighted by Crippen LogP contribution is -2.48. The number of morpholine rings is 1. The van der Waals surface area contributed by atoms with Crippen LogP contribution in [0.2, 0.25) is 0 Å². The Bertz CT molecular complexity index is 707. The van der Waals surface area contributed by atoms with Crippen molar-refractivity contribution >= 4 is 22.8 Å². The zero-order chi connectivity index (χ0) is 15.0. The number of carboxylic acid groups (broad SMARTS) is 1. The van der Waals surface area contributed by atoms with Crippen molar-refractivity contribution in [2.24, 2.45) is 7.05 Å². The zero-order valence-electron chi connectivity index (χ0n) is 11.7. The maximum Gasteiger partial charge on any atom is 0.334 e. The fraction of sp³-hybridized carbons (Fsp3) is 0.333. The number of aromatic nitrogens is 1. The van der Waals surface area contributed by atoms with E-state index in [-0.39, 0.29) is 19.1 Å². The van der Waals surface area contributed by atoms with Crippen LogP contribution in [0.4, 0.5) is 0 Å². The monoisotopic (exact) mass is 288 g/mol. The summed E-state index contributed by atoms with van der Waals surface area (Å²) in [6.45, 7) is 0.733. The number of carboxylic acids is 1. The first-order valence-electron chi connectivity index (χ1n) is 6.75. The van der Waals surface area contributed by atoms with Gasteiger partial charge < -0.3 is 19.3 Å². The number of benzene rings is 1. The van der Waals surface area contributed by atoms with Crippen molar-refractivity contribution in [3.8, 4) is 0 Å². The average molecular weight is 288 g/mol. The molecule has 6 nitrogen and oxygen atoms in total. The molecule has 1 unspecified atom stereocenters. The predicted octanol–water partition coefficient (Wildman–Crippen LogP) is 1.10. The van der Waals surface area contributed by atoms with Crippen LogP contribution in [0, 0.1) is 0 Å². The van der Waals surface area contributed by atoms with Gasteiger partial charge in [0.15, 0.2) is 6.10 Å². The molecule has 1 aromatic carbocycles. The van der Waals surface area contributed by atoms with Crippen LogP contribution >= 0.6 is 0 Å². The molecule has 2 heterocycles. The smallest absolute Gasteiger partial charge is 0.334 e. The molecule has 21 heavy (non-hydrogen) atoms. The van der Waals surface area contributed by atoms with Gasteiger partial charge >= 0.3 is 5.97 Å². The SMILES string of the molecule is Cn1cc(C(=O)N2CCOC(C(=O)O)C2)c2ccccc21. The van der Waals surface area contributed by atoms with Crippen molar-refractivity contribution in [2.75, 3.05) is 19.7 Å². The van der Waals surface area contributed by atoms with E-state index >= 15 is 0 Å². The molecule has 110 valence electrons. The highest BCUT2D eigenvalue weighted by Crippen LogP contribution is 2.22. The number of ether oxygens (including phenoxy) is 1. The Balaban J connectivity index is 1.92. The number of aliphatic carboxylic acids is 1. The summed E-state index contributed by atoms with van der Waals surface area (Å²) in [7, 11) is 1.89. The van der Waals surface area contributed by atoms with Gasteiger partial charge in [-0.1, -0.05) is 18.2 Å². The van der Waals surface area contributed by atoms with Crippen molar-refractivity contribution in [1.29, 1.82) is 0 Å². The number of hydrogen-bond acceptors (Lipinski definition) is 3. The number of nitrogens with zero attached hydrogens (tertiary/aromatic N) is 2. The van der Waals surface area contributed by atoms with E-state index in [4.69, 9.17) is 9.84 Å². The largest absolute Gasteiger partial charge is 0.479 e. The summed E-state index contributed by atoms with van der Waals surface area (Å²) in [6.07, 6.45) is 0.843. The first-order valence-corrected chi connectivity index (χ1v) is 6.75. The number of amides is 1. The number of rotatable bonds is 2. The molecule has 1 fully saturated rings. The summed E-state index contributed by atoms with van der Waals surface area (Å²) in [5, 5.41) is 9.90. The summed E-state index contributed by atoms with van der Waals surface area (Å²) in [4.78, 5) is 25.2. The highest BCUT2D eigenvalue weighted by Gasteiger charge is 2.30. The lowest BCUT2D eigenvalue weighted by molar-refractivity contribution is -0.154. The van der Waals surface area contributed by atoms with Crippen LogP contribution in [0.5, 0.6) is 0 Å². The van der Waals surface area contributed by atoms with Crippen LogP contribution in [0.25, 0.3) is 10.9 Å². The number of carbonyl (C=O) groups is 2. The normalized spacial score (nSPS) is 18.9. The van der Waals surface area contributed by atoms with Crippen LogP contribution in [-0.2, 0) is 16.6 Å². The summed E-state index contributed by atoms with van der Waals surface area (Å²) < 4.78 is 7.05. The molecule has 1 atom stereocenters. The lowest BCUT2D eigenvalue weighted by atomic mass is 10.1. The highest BCUT2D eigenvalue weighted by atomic mass is 16.5. The van der Waals surface area contributed by atoms with Crippen molar-refractivity contribution in [1.82, 2.24) is 9.47 Å². The zero-order valence-corrected chi connectivity index (χ0v) is 11.7. The number of fused-ring (bicyclic) bond motifs is 1. The Kier molecular flexibility index (Phi) is 3.39. The first kappa shape index (κ1) is 13.6. The molecule has 0 saturated carbocycles. The van der Waals surface area contributed by atoms with Gasteiger partial charge in [-0.15, -0.1) is 0 Å². The van der Waals surface area contributed by atoms with Crippen molar-refractivity contribution in [3.05, 3.63) is 36.0 Å². The third-order valence-corrected chi connectivity index (χ3v) is 3.76. The second-order valence-corrected chi connectivity index (χ2v) is 5.12. The molecule has 1 saturated heterocycles. The minimum atomic E-state index is -1.04. The van der Waals surface area contributed by atoms with Gasteiger partial charge in [-0.05, 0) is 6.07 Å². The number of carbonyl (C=O) groups excluding carboxylic acids is 1. The molecular weight excluding hydrogens is 272 g/mol. The fourth-order valence-electron chi connectivity index (χ4n) is 2.67. The standard InChI is InChI=1S/C15H16N2O4/c1-16-8-11(10-4-2-3-5-12(10)16)14(18)17-6-7-21-13(9-17)15(19)20/h2-5,8,13H,6-7,9H2,1H3,(H,19,20). The Labute approximate surface area is 121 Å². The summed E-state index contributed by atoms with van der Waals surface area (Å²) >= 11 is 0. The van der Waals surface area contributed by atoms with Gasteiger partial charge in [0.05, 0.1) is 18.7 Å². The van der Waals surface area contributed by atoms with Gasteiger partial charge in [0.2, 0.25) is 0 Å². The Morgan fingerprint density at radius 1 is 1.33 bits per heavy atom. The Morgan fingerprint density at radius 3 is 2.86 bits per heavy atom. The van der Waals surface area contributed by atoms with Crippen LogP contribution in [0.3, 0.4) is 0 Å². The molecule has 1 aliphatic heterocycles. The van der Waals surface area contributed by atoms with Crippen molar-refractivity contribution in [2.45, 2.75) is 6.10 Å². The van der Waals surface area contributed by atoms with Gasteiger partial charge in [-0.3, -0.25) is 4.79 Å². The van der Waals surface area contributed by atoms with E-state index in [1.807, 2.05) is 35.9 Å². The van der Waals surface area contributed by atoms with Gasteiger partial charge in [0, 0.05) is 30.7 Å². The van der Waals surface area contributed by atoms with E-state index in [0.717, 1.165) is 10.9 Å². The van der Waals surface area contributed by atoms with Gasteiger partial charge in [0.25, 0.3) is 5.91 Å².